The minimum Gasteiger partial charge on any atom is -0.385 e. The molecule has 0 unspecified atom stereocenters. The van der Waals surface area contributed by atoms with Crippen molar-refractivity contribution in [2.45, 2.75) is 37.9 Å². The third-order valence-electron chi connectivity index (χ3n) is 2.78. The van der Waals surface area contributed by atoms with Gasteiger partial charge in [-0.1, -0.05) is 0 Å². The van der Waals surface area contributed by atoms with Crippen LogP contribution in [0.15, 0.2) is 4.99 Å². The lowest BCUT2D eigenvalue weighted by molar-refractivity contribution is 0.192. The number of aliphatic imine (C=N–C) groups is 1. The van der Waals surface area contributed by atoms with Crippen LogP contribution in [0, 0.1) is 0 Å². The number of unbranched alkanes of at least 4 members (excludes halogenated alkanes) is 2. The highest BCUT2D eigenvalue weighted by Gasteiger charge is 2.15. The summed E-state index contributed by atoms with van der Waals surface area (Å²) in [6.07, 6.45) is 5.60. The Labute approximate surface area is 116 Å². The summed E-state index contributed by atoms with van der Waals surface area (Å²) in [5.41, 5.74) is 0. The molecular formula is C13H29N3OS. The third kappa shape index (κ3) is 9.59. The van der Waals surface area contributed by atoms with E-state index < -0.39 is 0 Å². The van der Waals surface area contributed by atoms with E-state index >= 15 is 0 Å². The first-order valence-corrected chi connectivity index (χ1v) is 7.77. The largest absolute Gasteiger partial charge is 0.385 e. The summed E-state index contributed by atoms with van der Waals surface area (Å²) in [5.74, 6) is 0.892. The van der Waals surface area contributed by atoms with Crippen LogP contribution in [0.3, 0.4) is 0 Å². The molecule has 5 heteroatoms. The molecule has 0 rings (SSSR count). The van der Waals surface area contributed by atoms with Crippen molar-refractivity contribution in [3.8, 4) is 0 Å². The molecular weight excluding hydrogens is 246 g/mol. The van der Waals surface area contributed by atoms with Crippen LogP contribution in [0.1, 0.15) is 33.1 Å². The molecule has 0 bridgehead atoms. The number of guanidine groups is 1. The number of hydrogen-bond donors (Lipinski definition) is 2. The molecule has 0 aliphatic carbocycles. The molecule has 0 aromatic rings. The SMILES string of the molecule is CN=C(NCCCCCOC)NCC(C)(C)SC. The second-order valence-corrected chi connectivity index (χ2v) is 6.38. The number of thioether (sulfide) groups is 1. The smallest absolute Gasteiger partial charge is 0.191 e. The predicted octanol–water partition coefficient (Wildman–Crippen LogP) is 2.11. The van der Waals surface area contributed by atoms with Gasteiger partial charge >= 0.3 is 0 Å². The Morgan fingerprint density at radius 2 is 1.94 bits per heavy atom. The summed E-state index contributed by atoms with van der Waals surface area (Å²) in [6.45, 7) is 7.18. The van der Waals surface area contributed by atoms with Crippen LogP contribution in [0.4, 0.5) is 0 Å². The van der Waals surface area contributed by atoms with E-state index in [2.05, 4.69) is 35.7 Å². The number of hydrogen-bond acceptors (Lipinski definition) is 3. The van der Waals surface area contributed by atoms with E-state index in [0.717, 1.165) is 38.5 Å². The molecule has 0 spiro atoms. The standard InChI is InChI=1S/C13H29N3OS/c1-13(2,18-5)11-16-12(14-3)15-9-7-6-8-10-17-4/h6-11H2,1-5H3,(H2,14,15,16). The van der Waals surface area contributed by atoms with Crippen LogP contribution < -0.4 is 10.6 Å². The summed E-state index contributed by atoms with van der Waals surface area (Å²) in [6, 6.07) is 0. The van der Waals surface area contributed by atoms with Crippen LogP contribution in [0.2, 0.25) is 0 Å². The Balaban J connectivity index is 3.66. The summed E-state index contributed by atoms with van der Waals surface area (Å²) in [5, 5.41) is 6.69. The van der Waals surface area contributed by atoms with Crippen molar-refractivity contribution in [2.24, 2.45) is 4.99 Å². The van der Waals surface area contributed by atoms with Crippen molar-refractivity contribution in [3.63, 3.8) is 0 Å². The van der Waals surface area contributed by atoms with Gasteiger partial charge < -0.3 is 15.4 Å². The average molecular weight is 275 g/mol. The van der Waals surface area contributed by atoms with Gasteiger partial charge in [0.15, 0.2) is 5.96 Å². The van der Waals surface area contributed by atoms with Gasteiger partial charge in [-0.25, -0.2) is 0 Å². The monoisotopic (exact) mass is 275 g/mol. The number of rotatable bonds is 9. The van der Waals surface area contributed by atoms with Gasteiger partial charge in [0.2, 0.25) is 0 Å². The van der Waals surface area contributed by atoms with E-state index in [1.54, 1.807) is 7.11 Å². The molecule has 4 nitrogen and oxygen atoms in total. The van der Waals surface area contributed by atoms with E-state index in [9.17, 15) is 0 Å². The van der Waals surface area contributed by atoms with Gasteiger partial charge in [-0.15, -0.1) is 0 Å². The Morgan fingerprint density at radius 3 is 2.50 bits per heavy atom. The summed E-state index contributed by atoms with van der Waals surface area (Å²) < 4.78 is 5.25. The lowest BCUT2D eigenvalue weighted by Gasteiger charge is -2.23. The minimum absolute atomic E-state index is 0.232. The van der Waals surface area contributed by atoms with Crippen molar-refractivity contribution in [2.75, 3.05) is 40.1 Å². The molecule has 2 N–H and O–H groups in total. The Bertz CT molecular complexity index is 232. The van der Waals surface area contributed by atoms with Crippen LogP contribution in [0.25, 0.3) is 0 Å². The second kappa shape index (κ2) is 10.5. The molecule has 0 fully saturated rings. The van der Waals surface area contributed by atoms with Crippen molar-refractivity contribution in [1.29, 1.82) is 0 Å². The van der Waals surface area contributed by atoms with Gasteiger partial charge in [0, 0.05) is 38.6 Å². The molecule has 0 aromatic heterocycles. The Hall–Kier alpha value is -0.420. The zero-order valence-electron chi connectivity index (χ0n) is 12.5. The van der Waals surface area contributed by atoms with E-state index in [0.29, 0.717) is 0 Å². The highest BCUT2D eigenvalue weighted by molar-refractivity contribution is 7.99. The molecule has 0 saturated carbocycles. The quantitative estimate of drug-likeness (QED) is 0.384. The normalized spacial score (nSPS) is 12.6. The van der Waals surface area contributed by atoms with E-state index in [1.165, 1.54) is 6.42 Å². The molecule has 0 amide bonds. The highest BCUT2D eigenvalue weighted by Crippen LogP contribution is 2.19. The molecule has 0 heterocycles. The molecule has 0 atom stereocenters. The first kappa shape index (κ1) is 17.6. The third-order valence-corrected chi connectivity index (χ3v) is 4.02. The molecule has 0 aromatic carbocycles. The zero-order chi connectivity index (χ0) is 13.9. The zero-order valence-corrected chi connectivity index (χ0v) is 13.3. The van der Waals surface area contributed by atoms with Gasteiger partial charge in [0.05, 0.1) is 0 Å². The number of ether oxygens (including phenoxy) is 1. The number of methoxy groups -OCH3 is 1. The van der Waals surface area contributed by atoms with Gasteiger partial charge in [-0.3, -0.25) is 4.99 Å². The molecule has 0 saturated heterocycles. The van der Waals surface area contributed by atoms with E-state index in [-0.39, 0.29) is 4.75 Å². The van der Waals surface area contributed by atoms with Crippen molar-refractivity contribution >= 4 is 17.7 Å². The lowest BCUT2D eigenvalue weighted by atomic mass is 10.2. The molecule has 18 heavy (non-hydrogen) atoms. The van der Waals surface area contributed by atoms with Gasteiger partial charge in [-0.05, 0) is 39.4 Å². The molecule has 0 aliphatic heterocycles. The van der Waals surface area contributed by atoms with Crippen molar-refractivity contribution in [3.05, 3.63) is 0 Å². The van der Waals surface area contributed by atoms with E-state index in [1.807, 2.05) is 18.8 Å². The highest BCUT2D eigenvalue weighted by atomic mass is 32.2. The Morgan fingerprint density at radius 1 is 1.22 bits per heavy atom. The summed E-state index contributed by atoms with van der Waals surface area (Å²) in [4.78, 5) is 4.22. The first-order valence-electron chi connectivity index (χ1n) is 6.54. The van der Waals surface area contributed by atoms with Crippen molar-refractivity contribution in [1.82, 2.24) is 10.6 Å². The molecule has 108 valence electrons. The summed E-state index contributed by atoms with van der Waals surface area (Å²) >= 11 is 1.86. The maximum absolute atomic E-state index is 5.02. The molecule has 0 radical (unpaired) electrons. The Kier molecular flexibility index (Phi) is 10.3. The van der Waals surface area contributed by atoms with Crippen molar-refractivity contribution < 1.29 is 4.74 Å². The van der Waals surface area contributed by atoms with Crippen LogP contribution in [0.5, 0.6) is 0 Å². The molecule has 0 aliphatic rings. The van der Waals surface area contributed by atoms with Gasteiger partial charge in [0.25, 0.3) is 0 Å². The predicted molar refractivity (Wildman–Crippen MR) is 82.7 cm³/mol. The van der Waals surface area contributed by atoms with E-state index in [4.69, 9.17) is 4.74 Å². The number of nitrogens with zero attached hydrogens (tertiary/aromatic N) is 1. The fraction of sp³-hybridized carbons (Fsp3) is 0.923. The first-order chi connectivity index (χ1) is 8.55. The van der Waals surface area contributed by atoms with Gasteiger partial charge in [0.1, 0.15) is 0 Å². The topological polar surface area (TPSA) is 45.7 Å². The maximum Gasteiger partial charge on any atom is 0.191 e. The fourth-order valence-electron chi connectivity index (χ4n) is 1.34. The average Bonchev–Trinajstić information content (AvgIpc) is 2.37. The lowest BCUT2D eigenvalue weighted by Crippen LogP contribution is -2.43. The minimum atomic E-state index is 0.232. The van der Waals surface area contributed by atoms with Gasteiger partial charge in [-0.2, -0.15) is 11.8 Å². The van der Waals surface area contributed by atoms with Crippen LogP contribution in [-0.4, -0.2) is 50.8 Å². The van der Waals surface area contributed by atoms with Crippen LogP contribution >= 0.6 is 11.8 Å². The second-order valence-electron chi connectivity index (χ2n) is 4.87. The number of nitrogens with one attached hydrogen (secondary N) is 2. The maximum atomic E-state index is 5.02. The fourth-order valence-corrected chi connectivity index (χ4v) is 1.56. The van der Waals surface area contributed by atoms with Crippen LogP contribution in [-0.2, 0) is 4.74 Å². The summed E-state index contributed by atoms with van der Waals surface area (Å²) in [7, 11) is 3.56.